The highest BCUT2D eigenvalue weighted by Gasteiger charge is 2.28. The molecule has 0 aromatic heterocycles. The maximum absolute atomic E-state index is 14.2. The number of rotatable bonds is 3. The quantitative estimate of drug-likeness (QED) is 0.789. The van der Waals surface area contributed by atoms with E-state index in [2.05, 4.69) is 10.6 Å². The number of aliphatic carboxylic acids is 1. The third-order valence-corrected chi connectivity index (χ3v) is 4.74. The minimum absolute atomic E-state index is 0.0368. The van der Waals surface area contributed by atoms with Gasteiger partial charge in [0.15, 0.2) is 0 Å². The number of carboxylic acids is 1. The maximum atomic E-state index is 14.2. The molecule has 0 bridgehead atoms. The maximum Gasteiger partial charge on any atom is 0.306 e. The van der Waals surface area contributed by atoms with Gasteiger partial charge in [0.05, 0.1) is 11.5 Å². The lowest BCUT2D eigenvalue weighted by Crippen LogP contribution is -2.39. The Labute approximate surface area is 138 Å². The zero-order valence-corrected chi connectivity index (χ0v) is 13.1. The molecule has 1 aliphatic carbocycles. The molecule has 0 saturated heterocycles. The van der Waals surface area contributed by atoms with Crippen molar-refractivity contribution in [2.75, 3.05) is 5.32 Å². The average Bonchev–Trinajstić information content (AvgIpc) is 2.54. The van der Waals surface area contributed by atoms with Gasteiger partial charge >= 0.3 is 5.97 Å². The number of aryl methyl sites for hydroxylation is 1. The van der Waals surface area contributed by atoms with Crippen LogP contribution in [0.3, 0.4) is 0 Å². The predicted molar refractivity (Wildman–Crippen MR) is 84.2 cm³/mol. The number of amides is 2. The molecule has 1 aliphatic heterocycles. The minimum atomic E-state index is -0.803. The van der Waals surface area contributed by atoms with Crippen molar-refractivity contribution in [3.05, 3.63) is 29.1 Å². The summed E-state index contributed by atoms with van der Waals surface area (Å²) in [6.07, 6.45) is 2.97. The van der Waals surface area contributed by atoms with E-state index in [1.807, 2.05) is 0 Å². The standard InChI is InChI=1S/C17H19FN2O4/c18-13-8-14-10(3-6-15(21)20-14)7-12(13)16(22)19-11-4-1-9(2-5-11)17(23)24/h7-9,11H,1-6H2,(H,19,22)(H,20,21)(H,23,24). The van der Waals surface area contributed by atoms with Crippen molar-refractivity contribution in [2.24, 2.45) is 5.92 Å². The van der Waals surface area contributed by atoms with Gasteiger partial charge in [-0.05, 0) is 49.8 Å². The van der Waals surface area contributed by atoms with Crippen molar-refractivity contribution in [1.82, 2.24) is 5.32 Å². The van der Waals surface area contributed by atoms with E-state index in [-0.39, 0.29) is 23.4 Å². The van der Waals surface area contributed by atoms with Gasteiger partial charge in [0.25, 0.3) is 5.91 Å². The first kappa shape index (κ1) is 16.4. The highest BCUT2D eigenvalue weighted by atomic mass is 19.1. The molecule has 0 spiro atoms. The monoisotopic (exact) mass is 334 g/mol. The van der Waals surface area contributed by atoms with Gasteiger partial charge in [-0.15, -0.1) is 0 Å². The van der Waals surface area contributed by atoms with Crippen LogP contribution in [0.15, 0.2) is 12.1 Å². The smallest absolute Gasteiger partial charge is 0.306 e. The lowest BCUT2D eigenvalue weighted by atomic mass is 9.86. The Morgan fingerprint density at radius 3 is 2.54 bits per heavy atom. The average molecular weight is 334 g/mol. The Balaban J connectivity index is 1.67. The van der Waals surface area contributed by atoms with Gasteiger partial charge < -0.3 is 15.7 Å². The van der Waals surface area contributed by atoms with Gasteiger partial charge in [0.1, 0.15) is 5.82 Å². The second-order valence-corrected chi connectivity index (χ2v) is 6.40. The van der Waals surface area contributed by atoms with Gasteiger partial charge in [0.2, 0.25) is 5.91 Å². The molecule has 1 saturated carbocycles. The topological polar surface area (TPSA) is 95.5 Å². The Kier molecular flexibility index (Phi) is 4.51. The van der Waals surface area contributed by atoms with Crippen LogP contribution < -0.4 is 10.6 Å². The van der Waals surface area contributed by atoms with Gasteiger partial charge in [-0.1, -0.05) is 0 Å². The van der Waals surface area contributed by atoms with E-state index >= 15 is 0 Å². The number of halogens is 1. The van der Waals surface area contributed by atoms with Crippen LogP contribution in [0.25, 0.3) is 0 Å². The number of benzene rings is 1. The van der Waals surface area contributed by atoms with Crippen molar-refractivity contribution in [3.63, 3.8) is 0 Å². The molecule has 2 aliphatic rings. The van der Waals surface area contributed by atoms with Crippen molar-refractivity contribution in [3.8, 4) is 0 Å². The first-order valence-corrected chi connectivity index (χ1v) is 8.10. The summed E-state index contributed by atoms with van der Waals surface area (Å²) in [6, 6.07) is 2.54. The summed E-state index contributed by atoms with van der Waals surface area (Å²) in [6.45, 7) is 0. The molecule has 1 heterocycles. The molecule has 1 aromatic rings. The van der Waals surface area contributed by atoms with Crippen LogP contribution in [-0.2, 0) is 16.0 Å². The summed E-state index contributed by atoms with van der Waals surface area (Å²) < 4.78 is 14.2. The number of carbonyl (C=O) groups is 3. The van der Waals surface area contributed by atoms with Crippen molar-refractivity contribution >= 4 is 23.5 Å². The lowest BCUT2D eigenvalue weighted by molar-refractivity contribution is -0.142. The Morgan fingerprint density at radius 2 is 1.88 bits per heavy atom. The third kappa shape index (κ3) is 3.39. The molecule has 24 heavy (non-hydrogen) atoms. The van der Waals surface area contributed by atoms with Crippen LogP contribution in [0.1, 0.15) is 48.0 Å². The first-order chi connectivity index (χ1) is 11.4. The van der Waals surface area contributed by atoms with Crippen molar-refractivity contribution in [1.29, 1.82) is 0 Å². The van der Waals surface area contributed by atoms with E-state index in [4.69, 9.17) is 5.11 Å². The molecule has 0 atom stereocenters. The van der Waals surface area contributed by atoms with Crippen LogP contribution in [0.2, 0.25) is 0 Å². The van der Waals surface area contributed by atoms with Crippen LogP contribution in [0.4, 0.5) is 10.1 Å². The van der Waals surface area contributed by atoms with Gasteiger partial charge in [0, 0.05) is 18.2 Å². The minimum Gasteiger partial charge on any atom is -0.481 e. The molecular weight excluding hydrogens is 315 g/mol. The van der Waals surface area contributed by atoms with Crippen molar-refractivity contribution in [2.45, 2.75) is 44.6 Å². The Bertz CT molecular complexity index is 696. The first-order valence-electron chi connectivity index (χ1n) is 8.10. The zero-order valence-electron chi connectivity index (χ0n) is 13.1. The fraction of sp³-hybridized carbons (Fsp3) is 0.471. The Morgan fingerprint density at radius 1 is 1.17 bits per heavy atom. The largest absolute Gasteiger partial charge is 0.481 e. The highest BCUT2D eigenvalue weighted by molar-refractivity contribution is 5.98. The second-order valence-electron chi connectivity index (χ2n) is 6.40. The summed E-state index contributed by atoms with van der Waals surface area (Å²) in [5, 5.41) is 14.4. The summed E-state index contributed by atoms with van der Waals surface area (Å²) in [5.74, 6) is -2.49. The van der Waals surface area contributed by atoms with Crippen molar-refractivity contribution < 1.29 is 23.9 Å². The zero-order chi connectivity index (χ0) is 17.3. The number of fused-ring (bicyclic) bond motifs is 1. The molecule has 0 unspecified atom stereocenters. The predicted octanol–water partition coefficient (Wildman–Crippen LogP) is 2.08. The molecule has 6 nitrogen and oxygen atoms in total. The second kappa shape index (κ2) is 6.59. The number of carbonyl (C=O) groups excluding carboxylic acids is 2. The number of nitrogens with one attached hydrogen (secondary N) is 2. The normalized spacial score (nSPS) is 23.1. The van der Waals surface area contributed by atoms with E-state index < -0.39 is 17.7 Å². The van der Waals surface area contributed by atoms with E-state index in [1.54, 1.807) is 0 Å². The molecule has 1 fully saturated rings. The SMILES string of the molecule is O=C1CCc2cc(C(=O)NC3CCC(C(=O)O)CC3)c(F)cc2N1. The van der Waals surface area contributed by atoms with E-state index in [0.29, 0.717) is 44.2 Å². The summed E-state index contributed by atoms with van der Waals surface area (Å²) in [5.41, 5.74) is 1.13. The van der Waals surface area contributed by atoms with Gasteiger partial charge in [-0.25, -0.2) is 4.39 Å². The molecule has 128 valence electrons. The summed E-state index contributed by atoms with van der Waals surface area (Å²) in [4.78, 5) is 34.6. The fourth-order valence-electron chi connectivity index (χ4n) is 3.32. The third-order valence-electron chi connectivity index (χ3n) is 4.74. The van der Waals surface area contributed by atoms with Gasteiger partial charge in [-0.3, -0.25) is 14.4 Å². The van der Waals surface area contributed by atoms with E-state index in [0.717, 1.165) is 5.56 Å². The van der Waals surface area contributed by atoms with Crippen LogP contribution in [0.5, 0.6) is 0 Å². The fourth-order valence-corrected chi connectivity index (χ4v) is 3.32. The highest BCUT2D eigenvalue weighted by Crippen LogP contribution is 2.27. The lowest BCUT2D eigenvalue weighted by Gasteiger charge is -2.27. The molecule has 0 radical (unpaired) electrons. The summed E-state index contributed by atoms with van der Waals surface area (Å²) in [7, 11) is 0. The van der Waals surface area contributed by atoms with Gasteiger partial charge in [-0.2, -0.15) is 0 Å². The molecule has 1 aromatic carbocycles. The molecule has 3 rings (SSSR count). The molecule has 2 amide bonds. The van der Waals surface area contributed by atoms with Crippen LogP contribution in [0, 0.1) is 11.7 Å². The Hall–Kier alpha value is -2.44. The number of hydrogen-bond acceptors (Lipinski definition) is 3. The molecular formula is C17H19FN2O4. The number of anilines is 1. The van der Waals surface area contributed by atoms with E-state index in [9.17, 15) is 18.8 Å². The van der Waals surface area contributed by atoms with E-state index in [1.165, 1.54) is 12.1 Å². The number of hydrogen-bond donors (Lipinski definition) is 3. The van der Waals surface area contributed by atoms with Crippen LogP contribution in [-0.4, -0.2) is 28.9 Å². The number of carboxylic acid groups (broad SMARTS) is 1. The molecule has 7 heteroatoms. The summed E-state index contributed by atoms with van der Waals surface area (Å²) >= 11 is 0. The molecule has 3 N–H and O–H groups in total. The van der Waals surface area contributed by atoms with Crippen LogP contribution >= 0.6 is 0 Å².